The molecule has 3 nitrogen and oxygen atoms in total. The molecule has 2 heterocycles. The summed E-state index contributed by atoms with van der Waals surface area (Å²) in [5, 5.41) is 4.41. The number of anilines is 1. The molecule has 1 aromatic heterocycles. The van der Waals surface area contributed by atoms with Crippen molar-refractivity contribution in [2.75, 3.05) is 25.1 Å². The predicted molar refractivity (Wildman–Crippen MR) is 67.0 cm³/mol. The molecule has 1 fully saturated rings. The first kappa shape index (κ1) is 10.1. The second-order valence-electron chi connectivity index (χ2n) is 4.64. The molecule has 0 saturated carbocycles. The van der Waals surface area contributed by atoms with Crippen LogP contribution in [0.5, 0.6) is 0 Å². The van der Waals surface area contributed by atoms with Crippen molar-refractivity contribution in [3.8, 4) is 0 Å². The lowest BCUT2D eigenvalue weighted by Crippen LogP contribution is -2.45. The van der Waals surface area contributed by atoms with E-state index in [1.165, 1.54) is 4.70 Å². The fourth-order valence-electron chi connectivity index (χ4n) is 1.79. The summed E-state index contributed by atoms with van der Waals surface area (Å²) >= 11 is 1.71. The third-order valence-electron chi connectivity index (χ3n) is 2.86. The van der Waals surface area contributed by atoms with E-state index < -0.39 is 0 Å². The molecule has 0 aliphatic carbocycles. The highest BCUT2D eigenvalue weighted by Crippen LogP contribution is 2.29. The van der Waals surface area contributed by atoms with Gasteiger partial charge in [0.1, 0.15) is 0 Å². The lowest BCUT2D eigenvalue weighted by molar-refractivity contribution is -0.0924. The topological polar surface area (TPSA) is 34.2 Å². The first-order valence-electron chi connectivity index (χ1n) is 5.42. The summed E-state index contributed by atoms with van der Waals surface area (Å²) in [6, 6.07) is 8.22. The second kappa shape index (κ2) is 3.71. The number of hydrogen-bond acceptors (Lipinski definition) is 4. The SMILES string of the molecule is CC1(CNc2nc3ccccc3s2)COC1. The van der Waals surface area contributed by atoms with Crippen LogP contribution in [0.1, 0.15) is 6.92 Å². The highest BCUT2D eigenvalue weighted by molar-refractivity contribution is 7.22. The van der Waals surface area contributed by atoms with Gasteiger partial charge in [-0.3, -0.25) is 0 Å². The van der Waals surface area contributed by atoms with Crippen LogP contribution >= 0.6 is 11.3 Å². The van der Waals surface area contributed by atoms with Gasteiger partial charge in [-0.1, -0.05) is 30.4 Å². The van der Waals surface area contributed by atoms with Crippen molar-refractivity contribution in [2.45, 2.75) is 6.92 Å². The van der Waals surface area contributed by atoms with Crippen LogP contribution in [0.3, 0.4) is 0 Å². The highest BCUT2D eigenvalue weighted by atomic mass is 32.1. The summed E-state index contributed by atoms with van der Waals surface area (Å²) in [6.45, 7) is 4.87. The minimum atomic E-state index is 0.290. The summed E-state index contributed by atoms with van der Waals surface area (Å²) in [7, 11) is 0. The van der Waals surface area contributed by atoms with Gasteiger partial charge in [0, 0.05) is 12.0 Å². The van der Waals surface area contributed by atoms with Crippen LogP contribution in [0.25, 0.3) is 10.2 Å². The standard InChI is InChI=1S/C12H14N2OS/c1-12(7-15-8-12)6-13-11-14-9-4-2-3-5-10(9)16-11/h2-5H,6-8H2,1H3,(H,13,14). The zero-order chi connectivity index (χ0) is 11.0. The number of para-hydroxylation sites is 1. The molecule has 4 heteroatoms. The van der Waals surface area contributed by atoms with Crippen LogP contribution in [0.4, 0.5) is 5.13 Å². The molecule has 0 spiro atoms. The second-order valence-corrected chi connectivity index (χ2v) is 5.67. The number of benzene rings is 1. The third-order valence-corrected chi connectivity index (χ3v) is 3.86. The molecule has 1 N–H and O–H groups in total. The average Bonchev–Trinajstić information content (AvgIpc) is 2.66. The van der Waals surface area contributed by atoms with Crippen molar-refractivity contribution in [3.63, 3.8) is 0 Å². The monoisotopic (exact) mass is 234 g/mol. The number of hydrogen-bond donors (Lipinski definition) is 1. The summed E-state index contributed by atoms with van der Waals surface area (Å²) in [4.78, 5) is 4.54. The van der Waals surface area contributed by atoms with Crippen LogP contribution in [-0.4, -0.2) is 24.7 Å². The number of fused-ring (bicyclic) bond motifs is 1. The lowest BCUT2D eigenvalue weighted by atomic mass is 9.89. The van der Waals surface area contributed by atoms with Gasteiger partial charge in [0.25, 0.3) is 0 Å². The molecule has 16 heavy (non-hydrogen) atoms. The van der Waals surface area contributed by atoms with Crippen LogP contribution < -0.4 is 5.32 Å². The number of aromatic nitrogens is 1. The highest BCUT2D eigenvalue weighted by Gasteiger charge is 2.33. The zero-order valence-corrected chi connectivity index (χ0v) is 10.0. The van der Waals surface area contributed by atoms with Gasteiger partial charge in [0.15, 0.2) is 5.13 Å². The maximum absolute atomic E-state index is 5.23. The molecule has 1 aliphatic heterocycles. The fraction of sp³-hybridized carbons (Fsp3) is 0.417. The average molecular weight is 234 g/mol. The minimum Gasteiger partial charge on any atom is -0.380 e. The number of nitrogens with one attached hydrogen (secondary N) is 1. The van der Waals surface area contributed by atoms with E-state index in [0.29, 0.717) is 0 Å². The Hall–Kier alpha value is -1.13. The molecule has 0 amide bonds. The third kappa shape index (κ3) is 1.79. The summed E-state index contributed by atoms with van der Waals surface area (Å²) < 4.78 is 6.46. The molecule has 1 saturated heterocycles. The number of ether oxygens (including phenoxy) is 1. The van der Waals surface area contributed by atoms with E-state index in [-0.39, 0.29) is 5.41 Å². The van der Waals surface area contributed by atoms with Crippen molar-refractivity contribution in [1.82, 2.24) is 4.98 Å². The number of rotatable bonds is 3. The molecule has 3 rings (SSSR count). The largest absolute Gasteiger partial charge is 0.380 e. The maximum atomic E-state index is 5.23. The normalized spacial score (nSPS) is 18.3. The van der Waals surface area contributed by atoms with E-state index in [0.717, 1.165) is 30.4 Å². The molecule has 0 unspecified atom stereocenters. The first-order valence-corrected chi connectivity index (χ1v) is 6.24. The van der Waals surface area contributed by atoms with Gasteiger partial charge in [-0.25, -0.2) is 4.98 Å². The molecular weight excluding hydrogens is 220 g/mol. The van der Waals surface area contributed by atoms with Gasteiger partial charge in [0.05, 0.1) is 23.4 Å². The number of nitrogens with zero attached hydrogens (tertiary/aromatic N) is 1. The van der Waals surface area contributed by atoms with Crippen molar-refractivity contribution in [3.05, 3.63) is 24.3 Å². The van der Waals surface area contributed by atoms with Crippen LogP contribution in [0.15, 0.2) is 24.3 Å². The molecule has 2 aromatic rings. The van der Waals surface area contributed by atoms with E-state index in [1.807, 2.05) is 18.2 Å². The Morgan fingerprint density at radius 2 is 2.25 bits per heavy atom. The molecule has 1 aliphatic rings. The van der Waals surface area contributed by atoms with E-state index >= 15 is 0 Å². The Morgan fingerprint density at radius 3 is 2.94 bits per heavy atom. The minimum absolute atomic E-state index is 0.290. The van der Waals surface area contributed by atoms with Crippen molar-refractivity contribution in [1.29, 1.82) is 0 Å². The molecule has 84 valence electrons. The zero-order valence-electron chi connectivity index (χ0n) is 9.19. The van der Waals surface area contributed by atoms with Crippen LogP contribution in [0, 0.1) is 5.41 Å². The Balaban J connectivity index is 1.74. The van der Waals surface area contributed by atoms with E-state index in [1.54, 1.807) is 11.3 Å². The van der Waals surface area contributed by atoms with Gasteiger partial charge in [0.2, 0.25) is 0 Å². The van der Waals surface area contributed by atoms with Gasteiger partial charge >= 0.3 is 0 Å². The van der Waals surface area contributed by atoms with E-state index in [9.17, 15) is 0 Å². The molecular formula is C12H14N2OS. The number of thiazole rings is 1. The van der Waals surface area contributed by atoms with Gasteiger partial charge < -0.3 is 10.1 Å². The molecule has 0 bridgehead atoms. The van der Waals surface area contributed by atoms with Crippen LogP contribution in [-0.2, 0) is 4.74 Å². The molecule has 0 radical (unpaired) electrons. The van der Waals surface area contributed by atoms with E-state index in [4.69, 9.17) is 4.74 Å². The molecule has 0 atom stereocenters. The Bertz CT molecular complexity index is 471. The smallest absolute Gasteiger partial charge is 0.183 e. The summed E-state index contributed by atoms with van der Waals surface area (Å²) in [5.74, 6) is 0. The predicted octanol–water partition coefficient (Wildman–Crippen LogP) is 2.74. The van der Waals surface area contributed by atoms with Gasteiger partial charge in [-0.15, -0.1) is 0 Å². The van der Waals surface area contributed by atoms with E-state index in [2.05, 4.69) is 23.3 Å². The Morgan fingerprint density at radius 1 is 1.44 bits per heavy atom. The van der Waals surface area contributed by atoms with Crippen molar-refractivity contribution in [2.24, 2.45) is 5.41 Å². The van der Waals surface area contributed by atoms with Crippen molar-refractivity contribution >= 4 is 26.7 Å². The quantitative estimate of drug-likeness (QED) is 0.886. The Labute approximate surface area is 98.5 Å². The van der Waals surface area contributed by atoms with Gasteiger partial charge in [-0.05, 0) is 12.1 Å². The summed E-state index contributed by atoms with van der Waals surface area (Å²) in [5.41, 5.74) is 1.36. The molecule has 1 aromatic carbocycles. The summed E-state index contributed by atoms with van der Waals surface area (Å²) in [6.07, 6.45) is 0. The lowest BCUT2D eigenvalue weighted by Gasteiger charge is -2.37. The van der Waals surface area contributed by atoms with Crippen LogP contribution in [0.2, 0.25) is 0 Å². The fourth-order valence-corrected chi connectivity index (χ4v) is 2.65. The Kier molecular flexibility index (Phi) is 2.33. The first-order chi connectivity index (χ1) is 7.75. The van der Waals surface area contributed by atoms with Crippen molar-refractivity contribution < 1.29 is 4.74 Å². The maximum Gasteiger partial charge on any atom is 0.183 e. The van der Waals surface area contributed by atoms with Gasteiger partial charge in [-0.2, -0.15) is 0 Å².